The topological polar surface area (TPSA) is 228 Å². The predicted molar refractivity (Wildman–Crippen MR) is 67.4 cm³/mol. The van der Waals surface area contributed by atoms with Crippen molar-refractivity contribution in [3.05, 3.63) is 0 Å². The zero-order valence-electron chi connectivity index (χ0n) is 9.29. The van der Waals surface area contributed by atoms with E-state index in [0.29, 0.717) is 5.71 Å². The Morgan fingerprint density at radius 2 is 1.39 bits per heavy atom. The van der Waals surface area contributed by atoms with Crippen molar-refractivity contribution in [1.29, 1.82) is 0 Å². The van der Waals surface area contributed by atoms with Crippen LogP contribution in [0.4, 0.5) is 0 Å². The van der Waals surface area contributed by atoms with Gasteiger partial charge >= 0.3 is 10.4 Å². The van der Waals surface area contributed by atoms with Crippen LogP contribution in [0.2, 0.25) is 0 Å². The molecule has 0 atom stereocenters. The van der Waals surface area contributed by atoms with Crippen molar-refractivity contribution in [2.24, 2.45) is 43.3 Å². The Hall–Kier alpha value is -2.25. The molecule has 0 bridgehead atoms. The summed E-state index contributed by atoms with van der Waals surface area (Å²) in [4.78, 5) is 0. The van der Waals surface area contributed by atoms with Gasteiger partial charge in [0.25, 0.3) is 0 Å². The minimum absolute atomic E-state index is 0.130. The highest BCUT2D eigenvalue weighted by molar-refractivity contribution is 7.79. The lowest BCUT2D eigenvalue weighted by molar-refractivity contribution is 0.381. The van der Waals surface area contributed by atoms with E-state index < -0.39 is 10.4 Å². The molecule has 0 aromatic heterocycles. The molecule has 0 spiro atoms. The molecule has 10 N–H and O–H groups in total. The number of hydrogen-bond donors (Lipinski definition) is 6. The molecule has 0 aliphatic carbocycles. The van der Waals surface area contributed by atoms with Crippen molar-refractivity contribution in [3.63, 3.8) is 0 Å². The largest absolute Gasteiger partial charge is 0.394 e. The van der Waals surface area contributed by atoms with E-state index in [1.807, 2.05) is 0 Å². The van der Waals surface area contributed by atoms with Crippen LogP contribution in [0.1, 0.15) is 6.92 Å². The van der Waals surface area contributed by atoms with Gasteiger partial charge in [-0.3, -0.25) is 9.11 Å². The monoisotopic (exact) mass is 282 g/mol. The first-order valence-corrected chi connectivity index (χ1v) is 5.37. The summed E-state index contributed by atoms with van der Waals surface area (Å²) in [5.41, 5.74) is 20.5. The van der Waals surface area contributed by atoms with Crippen LogP contribution in [0.25, 0.3) is 0 Å². The molecule has 0 aliphatic heterocycles. The van der Waals surface area contributed by atoms with E-state index in [2.05, 4.69) is 20.4 Å². The molecule has 0 aromatic carbocycles. The van der Waals surface area contributed by atoms with Gasteiger partial charge < -0.3 is 22.9 Å². The molecule has 12 nitrogen and oxygen atoms in total. The fourth-order valence-corrected chi connectivity index (χ4v) is 0.342. The van der Waals surface area contributed by atoms with Gasteiger partial charge in [-0.25, -0.2) is 0 Å². The highest BCUT2D eigenvalue weighted by Crippen LogP contribution is 1.76. The molecule has 0 fully saturated rings. The van der Waals surface area contributed by atoms with Gasteiger partial charge in [-0.1, -0.05) is 0 Å². The zero-order chi connectivity index (χ0) is 14.8. The molecular weight excluding hydrogens is 268 g/mol. The third-order valence-electron chi connectivity index (χ3n) is 0.741. The number of nitrogens with zero attached hydrogens (tertiary/aromatic N) is 4. The molecule has 0 aromatic rings. The van der Waals surface area contributed by atoms with Crippen LogP contribution in [0.3, 0.4) is 0 Å². The standard InChI is InChI=1S/C5H12N8.H2O4S/c1-3(11-13-5(8)9)2-10-12-4(6)7;1-5(2,3)4/h2H,1H3,(H4,6,7,12)(H4,8,9,13);(H2,1,2,3,4)/b10-2+,11-3+;. The summed E-state index contributed by atoms with van der Waals surface area (Å²) in [5, 5.41) is 13.8. The summed E-state index contributed by atoms with van der Waals surface area (Å²) < 4.78 is 31.6. The Bertz CT molecular complexity index is 448. The second kappa shape index (κ2) is 8.85. The van der Waals surface area contributed by atoms with E-state index in [1.54, 1.807) is 6.92 Å². The van der Waals surface area contributed by atoms with Crippen LogP contribution in [-0.4, -0.2) is 41.4 Å². The van der Waals surface area contributed by atoms with Crippen molar-refractivity contribution in [1.82, 2.24) is 0 Å². The number of nitrogens with two attached hydrogens (primary N) is 4. The Morgan fingerprint density at radius 3 is 1.72 bits per heavy atom. The molecule has 0 aliphatic rings. The molecule has 0 unspecified atom stereocenters. The minimum atomic E-state index is -4.67. The third-order valence-corrected chi connectivity index (χ3v) is 0.741. The molecule has 0 saturated heterocycles. The molecule has 104 valence electrons. The van der Waals surface area contributed by atoms with Crippen molar-refractivity contribution < 1.29 is 17.5 Å². The lowest BCUT2D eigenvalue weighted by Crippen LogP contribution is -2.22. The van der Waals surface area contributed by atoms with Gasteiger partial charge in [0, 0.05) is 0 Å². The van der Waals surface area contributed by atoms with Gasteiger partial charge in [-0.2, -0.15) is 18.6 Å². The van der Waals surface area contributed by atoms with Crippen molar-refractivity contribution in [2.75, 3.05) is 0 Å². The molecule has 0 radical (unpaired) electrons. The first-order valence-electron chi connectivity index (χ1n) is 3.97. The maximum absolute atomic E-state index is 8.74. The molecular formula is C5H14N8O4S. The first-order chi connectivity index (χ1) is 8.02. The number of hydrogen-bond acceptors (Lipinski definition) is 6. The van der Waals surface area contributed by atoms with Gasteiger partial charge in [0.05, 0.1) is 11.9 Å². The van der Waals surface area contributed by atoms with Gasteiger partial charge in [-0.15, -0.1) is 10.2 Å². The number of rotatable bonds is 3. The SMILES string of the molecule is CC(/C=N/N=C(N)N)=N\N=C(N)N.O=S(=O)(O)O. The Labute approximate surface area is 103 Å². The summed E-state index contributed by atoms with van der Waals surface area (Å²) in [5.74, 6) is -0.263. The summed E-state index contributed by atoms with van der Waals surface area (Å²) in [7, 11) is -4.67. The van der Waals surface area contributed by atoms with E-state index in [1.165, 1.54) is 6.21 Å². The van der Waals surface area contributed by atoms with Crippen LogP contribution >= 0.6 is 0 Å². The molecule has 0 rings (SSSR count). The van der Waals surface area contributed by atoms with Crippen molar-refractivity contribution >= 4 is 34.2 Å². The second-order valence-corrected chi connectivity index (χ2v) is 3.38. The average Bonchev–Trinajstić information content (AvgIpc) is 2.11. The lowest BCUT2D eigenvalue weighted by Gasteiger charge is -1.86. The smallest absolute Gasteiger partial charge is 0.369 e. The quantitative estimate of drug-likeness (QED) is 0.137. The number of guanidine groups is 2. The van der Waals surface area contributed by atoms with E-state index in [9.17, 15) is 0 Å². The third kappa shape index (κ3) is 29.2. The molecule has 18 heavy (non-hydrogen) atoms. The maximum atomic E-state index is 8.74. The van der Waals surface area contributed by atoms with Crippen molar-refractivity contribution in [2.45, 2.75) is 6.92 Å². The molecule has 0 heterocycles. The Kier molecular flexibility index (Phi) is 8.91. The van der Waals surface area contributed by atoms with Crippen LogP contribution < -0.4 is 22.9 Å². The van der Waals surface area contributed by atoms with E-state index in [4.69, 9.17) is 40.5 Å². The van der Waals surface area contributed by atoms with E-state index in [0.717, 1.165) is 0 Å². The van der Waals surface area contributed by atoms with Crippen LogP contribution in [0, 0.1) is 0 Å². The summed E-state index contributed by atoms with van der Waals surface area (Å²) in [6.45, 7) is 1.64. The Morgan fingerprint density at radius 1 is 1.00 bits per heavy atom. The summed E-state index contributed by atoms with van der Waals surface area (Å²) >= 11 is 0. The van der Waals surface area contributed by atoms with E-state index >= 15 is 0 Å². The fourth-order valence-electron chi connectivity index (χ4n) is 0.342. The lowest BCUT2D eigenvalue weighted by atomic mass is 10.5. The predicted octanol–water partition coefficient (Wildman–Crippen LogP) is -2.76. The second-order valence-electron chi connectivity index (χ2n) is 2.48. The molecule has 0 saturated carbocycles. The fraction of sp³-hybridized carbons (Fsp3) is 0.200. The van der Waals surface area contributed by atoms with Crippen LogP contribution in [-0.2, 0) is 10.4 Å². The maximum Gasteiger partial charge on any atom is 0.394 e. The van der Waals surface area contributed by atoms with Crippen molar-refractivity contribution in [3.8, 4) is 0 Å². The van der Waals surface area contributed by atoms with Crippen LogP contribution in [0.5, 0.6) is 0 Å². The van der Waals surface area contributed by atoms with E-state index in [-0.39, 0.29) is 11.9 Å². The minimum Gasteiger partial charge on any atom is -0.369 e. The molecule has 13 heteroatoms. The van der Waals surface area contributed by atoms with Gasteiger partial charge in [-0.05, 0) is 6.92 Å². The average molecular weight is 282 g/mol. The van der Waals surface area contributed by atoms with Gasteiger partial charge in [0.2, 0.25) is 11.9 Å². The normalized spacial score (nSPS) is 11.4. The summed E-state index contributed by atoms with van der Waals surface area (Å²) in [6, 6.07) is 0. The molecule has 0 amide bonds. The first kappa shape index (κ1) is 18.1. The van der Waals surface area contributed by atoms with Gasteiger partial charge in [0.15, 0.2) is 0 Å². The highest BCUT2D eigenvalue weighted by atomic mass is 32.3. The van der Waals surface area contributed by atoms with Gasteiger partial charge in [0.1, 0.15) is 0 Å². The zero-order valence-corrected chi connectivity index (χ0v) is 10.1. The Balaban J connectivity index is 0. The van der Waals surface area contributed by atoms with Crippen LogP contribution in [0.15, 0.2) is 20.4 Å². The highest BCUT2D eigenvalue weighted by Gasteiger charge is 1.85. The summed E-state index contributed by atoms with van der Waals surface area (Å²) in [6.07, 6.45) is 1.31.